The lowest BCUT2D eigenvalue weighted by molar-refractivity contribution is -0.144. The van der Waals surface area contributed by atoms with Gasteiger partial charge in [-0.25, -0.2) is 0 Å². The maximum absolute atomic E-state index is 7.01. The topological polar surface area (TPSA) is 36.9 Å². The Kier molecular flexibility index (Phi) is 13.9. The molecule has 29 heavy (non-hydrogen) atoms. The van der Waals surface area contributed by atoms with Crippen LogP contribution in [0.3, 0.4) is 0 Å². The van der Waals surface area contributed by atoms with Gasteiger partial charge in [0, 0.05) is 0 Å². The molecular weight excluding hydrogens is 445 g/mol. The molecule has 0 saturated carbocycles. The Hall–Kier alpha value is 0.924. The van der Waals surface area contributed by atoms with E-state index in [-0.39, 0.29) is 0 Å². The molecule has 9 heteroatoms. The van der Waals surface area contributed by atoms with Crippen molar-refractivity contribution in [2.75, 3.05) is 0 Å². The molecule has 0 aliphatic heterocycles. The molecule has 0 fully saturated rings. The molecule has 0 heterocycles. The number of hydrogen-bond donors (Lipinski definition) is 0. The van der Waals surface area contributed by atoms with Gasteiger partial charge in [0.05, 0.1) is 7.59 Å². The average molecular weight is 497 g/mol. The zero-order chi connectivity index (χ0) is 22.8. The van der Waals surface area contributed by atoms with Crippen LogP contribution in [0.25, 0.3) is 0 Å². The standard InChI is InChI=1S/C20H52O4Si5/c1-12-15-18-26(5,6)23-25(4)21-22-29(11,20-17-14-3)24-28(9,10)27(7,8)19-16-13-2/h25H,12-20H2,1-11H3. The third kappa shape index (κ3) is 11.9. The molecule has 2 unspecified atom stereocenters. The van der Waals surface area contributed by atoms with Crippen LogP contribution < -0.4 is 0 Å². The van der Waals surface area contributed by atoms with Gasteiger partial charge < -0.3 is 8.23 Å². The summed E-state index contributed by atoms with van der Waals surface area (Å²) < 4.78 is 25.6. The van der Waals surface area contributed by atoms with Crippen molar-refractivity contribution in [3.05, 3.63) is 0 Å². The molecule has 176 valence electrons. The minimum Gasteiger partial charge on any atom is -0.437 e. The molecule has 0 spiro atoms. The highest BCUT2D eigenvalue weighted by molar-refractivity contribution is 7.39. The Morgan fingerprint density at radius 1 is 0.690 bits per heavy atom. The Bertz CT molecular complexity index is 449. The lowest BCUT2D eigenvalue weighted by atomic mass is 10.4. The maximum Gasteiger partial charge on any atom is 0.360 e. The maximum atomic E-state index is 7.01. The van der Waals surface area contributed by atoms with E-state index >= 15 is 0 Å². The fraction of sp³-hybridized carbons (Fsp3) is 1.00. The van der Waals surface area contributed by atoms with Crippen molar-refractivity contribution < 1.29 is 17.4 Å². The minimum atomic E-state index is -2.37. The summed E-state index contributed by atoms with van der Waals surface area (Å²) in [6, 6.07) is 3.56. The van der Waals surface area contributed by atoms with Crippen molar-refractivity contribution >= 4 is 41.6 Å². The van der Waals surface area contributed by atoms with Gasteiger partial charge in [0.1, 0.15) is 0 Å². The Balaban J connectivity index is 5.08. The van der Waals surface area contributed by atoms with Gasteiger partial charge >= 0.3 is 17.8 Å². The van der Waals surface area contributed by atoms with Crippen LogP contribution in [0.2, 0.25) is 70.5 Å². The van der Waals surface area contributed by atoms with Crippen molar-refractivity contribution in [1.82, 2.24) is 0 Å². The summed E-state index contributed by atoms with van der Waals surface area (Å²) in [5.74, 6) is 0. The highest BCUT2D eigenvalue weighted by atomic mass is 29.3. The predicted octanol–water partition coefficient (Wildman–Crippen LogP) is 7.49. The second-order valence-electron chi connectivity index (χ2n) is 10.6. The summed E-state index contributed by atoms with van der Waals surface area (Å²) >= 11 is 0. The number of hydrogen-bond acceptors (Lipinski definition) is 4. The van der Waals surface area contributed by atoms with Crippen LogP contribution in [0.1, 0.15) is 59.3 Å². The van der Waals surface area contributed by atoms with Crippen LogP contribution in [0.4, 0.5) is 0 Å². The minimum absolute atomic E-state index is 1.01. The first-order chi connectivity index (χ1) is 13.2. The number of rotatable bonds is 17. The van der Waals surface area contributed by atoms with Crippen LogP contribution in [0.5, 0.6) is 0 Å². The first-order valence-corrected chi connectivity index (χ1v) is 26.8. The quantitative estimate of drug-likeness (QED) is 0.119. The van der Waals surface area contributed by atoms with Crippen molar-refractivity contribution in [2.24, 2.45) is 0 Å². The van der Waals surface area contributed by atoms with Crippen molar-refractivity contribution in [3.63, 3.8) is 0 Å². The predicted molar refractivity (Wildman–Crippen MR) is 141 cm³/mol. The van der Waals surface area contributed by atoms with E-state index in [1.54, 1.807) is 0 Å². The van der Waals surface area contributed by atoms with E-state index in [0.717, 1.165) is 18.9 Å². The summed E-state index contributed by atoms with van der Waals surface area (Å²) in [7, 11) is -9.06. The van der Waals surface area contributed by atoms with Gasteiger partial charge in [0.25, 0.3) is 0 Å². The van der Waals surface area contributed by atoms with E-state index in [2.05, 4.69) is 73.1 Å². The zero-order valence-corrected chi connectivity index (χ0v) is 26.7. The molecule has 0 bridgehead atoms. The third-order valence-electron chi connectivity index (χ3n) is 6.22. The zero-order valence-electron chi connectivity index (χ0n) is 21.6. The molecule has 0 rings (SSSR count). The van der Waals surface area contributed by atoms with Crippen molar-refractivity contribution in [1.29, 1.82) is 0 Å². The van der Waals surface area contributed by atoms with Gasteiger partial charge in [-0.2, -0.15) is 0 Å². The fourth-order valence-corrected chi connectivity index (χ4v) is 25.9. The fourth-order valence-electron chi connectivity index (χ4n) is 3.51. The Labute approximate surface area is 188 Å². The normalized spacial score (nSPS) is 16.7. The third-order valence-corrected chi connectivity index (χ3v) is 34.0. The molecule has 0 aromatic rings. The molecular formula is C20H52O4Si5. The van der Waals surface area contributed by atoms with Crippen LogP contribution in [0.15, 0.2) is 0 Å². The number of unbranched alkanes of at least 4 members (excludes halogenated alkanes) is 3. The van der Waals surface area contributed by atoms with E-state index in [1.807, 2.05) is 0 Å². The van der Waals surface area contributed by atoms with Crippen molar-refractivity contribution in [3.8, 4) is 0 Å². The van der Waals surface area contributed by atoms with E-state index in [0.29, 0.717) is 0 Å². The lowest BCUT2D eigenvalue weighted by Gasteiger charge is -2.43. The second-order valence-corrected chi connectivity index (χ2v) is 35.6. The molecule has 0 aliphatic rings. The monoisotopic (exact) mass is 496 g/mol. The molecule has 0 amide bonds. The van der Waals surface area contributed by atoms with E-state index in [1.165, 1.54) is 37.8 Å². The lowest BCUT2D eigenvalue weighted by Crippen LogP contribution is -2.62. The van der Waals surface area contributed by atoms with E-state index in [4.69, 9.17) is 17.4 Å². The molecule has 0 radical (unpaired) electrons. The second kappa shape index (κ2) is 13.5. The molecule has 0 N–H and O–H groups in total. The molecule has 4 nitrogen and oxygen atoms in total. The molecule has 0 aromatic heterocycles. The van der Waals surface area contributed by atoms with E-state index in [9.17, 15) is 0 Å². The van der Waals surface area contributed by atoms with Gasteiger partial charge in [-0.1, -0.05) is 78.4 Å². The van der Waals surface area contributed by atoms with E-state index < -0.39 is 41.6 Å². The summed E-state index contributed by atoms with van der Waals surface area (Å²) in [5.41, 5.74) is 0. The highest BCUT2D eigenvalue weighted by Crippen LogP contribution is 2.32. The largest absolute Gasteiger partial charge is 0.437 e. The van der Waals surface area contributed by atoms with Crippen LogP contribution in [0, 0.1) is 0 Å². The van der Waals surface area contributed by atoms with Gasteiger partial charge in [-0.05, 0) is 51.4 Å². The summed E-state index contributed by atoms with van der Waals surface area (Å²) in [5, 5.41) is 0. The van der Waals surface area contributed by atoms with Gasteiger partial charge in [0.15, 0.2) is 16.2 Å². The first-order valence-electron chi connectivity index (χ1n) is 12.0. The summed E-state index contributed by atoms with van der Waals surface area (Å²) in [6.07, 6.45) is 7.35. The molecule has 0 aliphatic carbocycles. The summed E-state index contributed by atoms with van der Waals surface area (Å²) in [4.78, 5) is 0. The van der Waals surface area contributed by atoms with Crippen LogP contribution in [-0.4, -0.2) is 41.6 Å². The molecule has 0 aromatic carbocycles. The Morgan fingerprint density at radius 2 is 1.17 bits per heavy atom. The van der Waals surface area contributed by atoms with Gasteiger partial charge in [-0.15, -0.1) is 0 Å². The first kappa shape index (κ1) is 29.9. The smallest absolute Gasteiger partial charge is 0.360 e. The van der Waals surface area contributed by atoms with Gasteiger partial charge in [0.2, 0.25) is 0 Å². The van der Waals surface area contributed by atoms with Gasteiger partial charge in [-0.3, -0.25) is 9.15 Å². The average Bonchev–Trinajstić information content (AvgIpc) is 2.61. The van der Waals surface area contributed by atoms with Crippen molar-refractivity contribution in [2.45, 2.75) is 130 Å². The molecule has 2 atom stereocenters. The summed E-state index contributed by atoms with van der Waals surface area (Å²) in [6.45, 7) is 25.6. The molecule has 0 saturated heterocycles. The Morgan fingerprint density at radius 3 is 1.69 bits per heavy atom. The van der Waals surface area contributed by atoms with Crippen LogP contribution >= 0.6 is 0 Å². The van der Waals surface area contributed by atoms with Crippen LogP contribution in [-0.2, 0) is 17.4 Å². The SMILES string of the molecule is CCCC[Si](C)(C)O[SiH](C)OO[Si](C)(CCCC)O[Si](C)(C)[Si](C)(C)CCCC. The highest BCUT2D eigenvalue weighted by Gasteiger charge is 2.48.